The molecule has 0 aliphatic heterocycles. The fraction of sp³-hybridized carbons (Fsp3) is 0.154. The molecule has 0 atom stereocenters. The number of rotatable bonds is 4. The van der Waals surface area contributed by atoms with E-state index in [0.29, 0.717) is 4.88 Å². The smallest absolute Gasteiger partial charge is 0.335 e. The number of sulfone groups is 1. The molecule has 0 bridgehead atoms. The number of benzene rings is 1. The maximum atomic E-state index is 12.4. The molecule has 106 valence electrons. The molecule has 1 N–H and O–H groups in total. The standard InChI is InChI=1S/C13H11BrO4S2/c1-8-11(13(15)16)3-2-4-12(8)20(17,18)7-10-5-9(14)6-19-10/h2-6H,7H2,1H3,(H,15,16). The minimum Gasteiger partial charge on any atom is -0.478 e. The number of carboxylic acid groups (broad SMARTS) is 1. The predicted octanol–water partition coefficient (Wildman–Crippen LogP) is 3.49. The number of carbonyl (C=O) groups is 1. The monoisotopic (exact) mass is 374 g/mol. The molecule has 0 saturated heterocycles. The zero-order valence-corrected chi connectivity index (χ0v) is 13.7. The molecule has 7 heteroatoms. The Kier molecular flexibility index (Phi) is 4.31. The van der Waals surface area contributed by atoms with Gasteiger partial charge in [0.05, 0.1) is 16.2 Å². The molecule has 4 nitrogen and oxygen atoms in total. The zero-order valence-electron chi connectivity index (χ0n) is 10.5. The highest BCUT2D eigenvalue weighted by Gasteiger charge is 2.21. The van der Waals surface area contributed by atoms with Crippen LogP contribution in [0.5, 0.6) is 0 Å². The molecule has 0 radical (unpaired) electrons. The SMILES string of the molecule is Cc1c(C(=O)O)cccc1S(=O)(=O)Cc1cc(Br)cs1. The van der Waals surface area contributed by atoms with Gasteiger partial charge in [-0.05, 0) is 46.6 Å². The number of aromatic carboxylic acids is 1. The van der Waals surface area contributed by atoms with Gasteiger partial charge in [0.1, 0.15) is 0 Å². The first-order valence-corrected chi connectivity index (χ1v) is 8.92. The Balaban J connectivity index is 2.44. The predicted molar refractivity (Wildman–Crippen MR) is 81.0 cm³/mol. The number of hydrogen-bond acceptors (Lipinski definition) is 4. The molecule has 0 saturated carbocycles. The maximum absolute atomic E-state index is 12.4. The van der Waals surface area contributed by atoms with E-state index in [4.69, 9.17) is 5.11 Å². The normalized spacial score (nSPS) is 11.5. The van der Waals surface area contributed by atoms with Crippen LogP contribution >= 0.6 is 27.3 Å². The fourth-order valence-electron chi connectivity index (χ4n) is 1.88. The molecule has 2 rings (SSSR count). The van der Waals surface area contributed by atoms with Gasteiger partial charge in [-0.2, -0.15) is 0 Å². The molecule has 0 aliphatic carbocycles. The van der Waals surface area contributed by atoms with Crippen molar-refractivity contribution in [2.75, 3.05) is 0 Å². The van der Waals surface area contributed by atoms with Crippen LogP contribution in [-0.2, 0) is 15.6 Å². The van der Waals surface area contributed by atoms with Gasteiger partial charge in [-0.25, -0.2) is 13.2 Å². The molecule has 0 spiro atoms. The summed E-state index contributed by atoms with van der Waals surface area (Å²) in [5.74, 6) is -1.26. The summed E-state index contributed by atoms with van der Waals surface area (Å²) in [6, 6.07) is 6.05. The van der Waals surface area contributed by atoms with E-state index in [-0.39, 0.29) is 21.8 Å². The molecule has 0 fully saturated rings. The van der Waals surface area contributed by atoms with Gasteiger partial charge in [0, 0.05) is 14.7 Å². The Morgan fingerprint density at radius 2 is 2.10 bits per heavy atom. The van der Waals surface area contributed by atoms with Crippen LogP contribution in [0.2, 0.25) is 0 Å². The van der Waals surface area contributed by atoms with Gasteiger partial charge in [-0.15, -0.1) is 11.3 Å². The van der Waals surface area contributed by atoms with Crippen LogP contribution < -0.4 is 0 Å². The third-order valence-electron chi connectivity index (χ3n) is 2.80. The van der Waals surface area contributed by atoms with Crippen molar-refractivity contribution in [2.24, 2.45) is 0 Å². The number of halogens is 1. The van der Waals surface area contributed by atoms with Crippen LogP contribution in [0, 0.1) is 6.92 Å². The molecule has 0 unspecified atom stereocenters. The van der Waals surface area contributed by atoms with E-state index >= 15 is 0 Å². The minimum absolute atomic E-state index is 0.0124. The Hall–Kier alpha value is -1.18. The quantitative estimate of drug-likeness (QED) is 0.888. The lowest BCUT2D eigenvalue weighted by molar-refractivity contribution is 0.0696. The van der Waals surface area contributed by atoms with E-state index < -0.39 is 15.8 Å². The lowest BCUT2D eigenvalue weighted by Crippen LogP contribution is -2.09. The minimum atomic E-state index is -3.56. The molecule has 1 heterocycles. The average molecular weight is 375 g/mol. The summed E-state index contributed by atoms with van der Waals surface area (Å²) in [5, 5.41) is 10.9. The first kappa shape index (κ1) is 15.2. The van der Waals surface area contributed by atoms with Gasteiger partial charge in [-0.3, -0.25) is 0 Å². The lowest BCUT2D eigenvalue weighted by atomic mass is 10.1. The van der Waals surface area contributed by atoms with Crippen molar-refractivity contribution < 1.29 is 18.3 Å². The van der Waals surface area contributed by atoms with Crippen molar-refractivity contribution in [3.05, 3.63) is 50.1 Å². The van der Waals surface area contributed by atoms with Crippen molar-refractivity contribution in [2.45, 2.75) is 17.6 Å². The van der Waals surface area contributed by atoms with E-state index in [2.05, 4.69) is 15.9 Å². The summed E-state index contributed by atoms with van der Waals surface area (Å²) in [6.45, 7) is 1.51. The summed E-state index contributed by atoms with van der Waals surface area (Å²) in [6.07, 6.45) is 0. The van der Waals surface area contributed by atoms with Crippen LogP contribution in [-0.4, -0.2) is 19.5 Å². The second kappa shape index (κ2) is 5.67. The molecular weight excluding hydrogens is 364 g/mol. The summed E-state index contributed by atoms with van der Waals surface area (Å²) in [7, 11) is -3.56. The van der Waals surface area contributed by atoms with Gasteiger partial charge in [0.2, 0.25) is 0 Å². The first-order chi connectivity index (χ1) is 9.31. The van der Waals surface area contributed by atoms with Crippen molar-refractivity contribution in [1.82, 2.24) is 0 Å². The van der Waals surface area contributed by atoms with Crippen molar-refractivity contribution >= 4 is 43.1 Å². The number of carboxylic acids is 1. The molecular formula is C13H11BrO4S2. The van der Waals surface area contributed by atoms with Gasteiger partial charge in [0.25, 0.3) is 0 Å². The Morgan fingerprint density at radius 1 is 1.40 bits per heavy atom. The Labute approximate surface area is 129 Å². The second-order valence-corrected chi connectivity index (χ2v) is 8.09. The summed E-state index contributed by atoms with van der Waals surface area (Å²) >= 11 is 4.62. The molecule has 0 aliphatic rings. The van der Waals surface area contributed by atoms with E-state index in [1.54, 1.807) is 6.07 Å². The van der Waals surface area contributed by atoms with Crippen LogP contribution in [0.25, 0.3) is 0 Å². The van der Waals surface area contributed by atoms with Gasteiger partial charge in [0.15, 0.2) is 9.84 Å². The van der Waals surface area contributed by atoms with Crippen LogP contribution in [0.4, 0.5) is 0 Å². The average Bonchev–Trinajstić information content (AvgIpc) is 2.73. The largest absolute Gasteiger partial charge is 0.478 e. The molecule has 20 heavy (non-hydrogen) atoms. The van der Waals surface area contributed by atoms with Gasteiger partial charge in [-0.1, -0.05) is 6.07 Å². The van der Waals surface area contributed by atoms with E-state index in [1.165, 1.54) is 36.5 Å². The van der Waals surface area contributed by atoms with E-state index in [0.717, 1.165) is 4.47 Å². The van der Waals surface area contributed by atoms with Gasteiger partial charge >= 0.3 is 5.97 Å². The lowest BCUT2D eigenvalue weighted by Gasteiger charge is -2.09. The number of hydrogen-bond donors (Lipinski definition) is 1. The van der Waals surface area contributed by atoms with Gasteiger partial charge < -0.3 is 5.11 Å². The number of thiophene rings is 1. The molecule has 2 aromatic rings. The van der Waals surface area contributed by atoms with Crippen LogP contribution in [0.3, 0.4) is 0 Å². The zero-order chi connectivity index (χ0) is 14.9. The highest BCUT2D eigenvalue weighted by molar-refractivity contribution is 9.10. The third-order valence-corrected chi connectivity index (χ3v) is 6.49. The Bertz CT molecular complexity index is 762. The summed E-state index contributed by atoms with van der Waals surface area (Å²) in [5.41, 5.74) is 0.286. The maximum Gasteiger partial charge on any atom is 0.335 e. The highest BCUT2D eigenvalue weighted by Crippen LogP contribution is 2.27. The fourth-order valence-corrected chi connectivity index (χ4v) is 5.33. The van der Waals surface area contributed by atoms with Crippen molar-refractivity contribution in [1.29, 1.82) is 0 Å². The van der Waals surface area contributed by atoms with Crippen molar-refractivity contribution in [3.8, 4) is 0 Å². The van der Waals surface area contributed by atoms with Crippen LogP contribution in [0.1, 0.15) is 20.8 Å². The first-order valence-electron chi connectivity index (χ1n) is 5.60. The van der Waals surface area contributed by atoms with E-state index in [1.807, 2.05) is 5.38 Å². The van der Waals surface area contributed by atoms with Crippen molar-refractivity contribution in [3.63, 3.8) is 0 Å². The second-order valence-electron chi connectivity index (χ2n) is 4.22. The summed E-state index contributed by atoms with van der Waals surface area (Å²) < 4.78 is 25.6. The van der Waals surface area contributed by atoms with E-state index in [9.17, 15) is 13.2 Å². The summed E-state index contributed by atoms with van der Waals surface area (Å²) in [4.78, 5) is 11.8. The topological polar surface area (TPSA) is 71.4 Å². The van der Waals surface area contributed by atoms with Crippen LogP contribution in [0.15, 0.2) is 39.0 Å². The third kappa shape index (κ3) is 3.11. The molecule has 1 aromatic heterocycles. The highest BCUT2D eigenvalue weighted by atomic mass is 79.9. The molecule has 0 amide bonds. The molecule has 1 aromatic carbocycles. The Morgan fingerprint density at radius 3 is 2.65 bits per heavy atom.